The summed E-state index contributed by atoms with van der Waals surface area (Å²) in [6.07, 6.45) is 5.29. The molecular weight excluding hydrogens is 216 g/mol. The Morgan fingerprint density at radius 2 is 2.24 bits per heavy atom. The predicted octanol–water partition coefficient (Wildman–Crippen LogP) is 2.05. The van der Waals surface area contributed by atoms with Gasteiger partial charge in [-0.1, -0.05) is 20.3 Å². The molecule has 0 amide bonds. The highest BCUT2D eigenvalue weighted by atomic mass is 16.2. The molecule has 0 spiro atoms. The summed E-state index contributed by atoms with van der Waals surface area (Å²) in [6, 6.07) is 1.57. The molecule has 1 saturated carbocycles. The Morgan fingerprint density at radius 3 is 2.88 bits per heavy atom. The van der Waals surface area contributed by atoms with Crippen molar-refractivity contribution in [2.75, 3.05) is 0 Å². The summed E-state index contributed by atoms with van der Waals surface area (Å²) in [7, 11) is 0. The van der Waals surface area contributed by atoms with E-state index in [1.807, 2.05) is 13.8 Å². The van der Waals surface area contributed by atoms with Crippen molar-refractivity contribution in [2.24, 2.45) is 11.3 Å². The summed E-state index contributed by atoms with van der Waals surface area (Å²) in [6.45, 7) is 3.82. The Balaban J connectivity index is 2.23. The summed E-state index contributed by atoms with van der Waals surface area (Å²) in [5, 5.41) is 0. The van der Waals surface area contributed by atoms with E-state index in [9.17, 15) is 9.59 Å². The molecule has 4 nitrogen and oxygen atoms in total. The zero-order valence-corrected chi connectivity index (χ0v) is 10.1. The van der Waals surface area contributed by atoms with Crippen LogP contribution in [-0.4, -0.2) is 21.5 Å². The quantitative estimate of drug-likeness (QED) is 0.578. The maximum atomic E-state index is 12.2. The van der Waals surface area contributed by atoms with Crippen LogP contribution in [0.5, 0.6) is 0 Å². The fraction of sp³-hybridized carbons (Fsp3) is 0.538. The van der Waals surface area contributed by atoms with Gasteiger partial charge in [-0.25, -0.2) is 9.97 Å². The first-order chi connectivity index (χ1) is 8.02. The number of carbonyl (C=O) groups is 2. The molecule has 0 aliphatic heterocycles. The molecule has 0 aromatic carbocycles. The fourth-order valence-corrected chi connectivity index (χ4v) is 2.34. The molecule has 1 aliphatic carbocycles. The molecule has 1 aromatic heterocycles. The number of carbonyl (C=O) groups excluding carboxylic acids is 2. The number of Topliss-reactive ketones (excluding diaryl/α,β-unsaturated/α-hetero) is 2. The van der Waals surface area contributed by atoms with Crippen molar-refractivity contribution in [2.45, 2.75) is 33.1 Å². The third kappa shape index (κ3) is 2.25. The topological polar surface area (TPSA) is 59.9 Å². The van der Waals surface area contributed by atoms with Gasteiger partial charge in [-0.3, -0.25) is 9.59 Å². The van der Waals surface area contributed by atoms with Gasteiger partial charge in [-0.15, -0.1) is 0 Å². The minimum Gasteiger partial charge on any atom is -0.298 e. The van der Waals surface area contributed by atoms with E-state index in [4.69, 9.17) is 0 Å². The van der Waals surface area contributed by atoms with Crippen molar-refractivity contribution in [3.05, 3.63) is 24.3 Å². The molecule has 1 heterocycles. The van der Waals surface area contributed by atoms with Crippen molar-refractivity contribution in [1.29, 1.82) is 0 Å². The van der Waals surface area contributed by atoms with Crippen molar-refractivity contribution in [3.8, 4) is 0 Å². The van der Waals surface area contributed by atoms with Gasteiger partial charge in [0.25, 0.3) is 0 Å². The monoisotopic (exact) mass is 232 g/mol. The number of hydrogen-bond donors (Lipinski definition) is 0. The lowest BCUT2D eigenvalue weighted by Crippen LogP contribution is -2.39. The summed E-state index contributed by atoms with van der Waals surface area (Å²) in [5.74, 6) is -0.633. The van der Waals surface area contributed by atoms with Crippen LogP contribution in [0.25, 0.3) is 0 Å². The van der Waals surface area contributed by atoms with Crippen LogP contribution in [0.1, 0.15) is 43.6 Å². The smallest absolute Gasteiger partial charge is 0.191 e. The van der Waals surface area contributed by atoms with Crippen LogP contribution in [0.2, 0.25) is 0 Å². The standard InChI is InChI=1S/C13H16N2O2/c1-13(2)6-3-4-9(12(13)17)11(16)10-5-7-14-8-15-10/h5,7-9H,3-4,6H2,1-2H3. The van der Waals surface area contributed by atoms with Gasteiger partial charge in [-0.2, -0.15) is 0 Å². The maximum Gasteiger partial charge on any atom is 0.191 e. The van der Waals surface area contributed by atoms with Crippen molar-refractivity contribution >= 4 is 11.6 Å². The number of rotatable bonds is 2. The molecule has 1 atom stereocenters. The van der Waals surface area contributed by atoms with Gasteiger partial charge < -0.3 is 0 Å². The zero-order valence-electron chi connectivity index (χ0n) is 10.1. The van der Waals surface area contributed by atoms with Crippen molar-refractivity contribution in [3.63, 3.8) is 0 Å². The van der Waals surface area contributed by atoms with Gasteiger partial charge in [0.2, 0.25) is 0 Å². The third-order valence-corrected chi connectivity index (χ3v) is 3.43. The summed E-state index contributed by atoms with van der Waals surface area (Å²) < 4.78 is 0. The maximum absolute atomic E-state index is 12.2. The first-order valence-corrected chi connectivity index (χ1v) is 5.87. The summed E-state index contributed by atoms with van der Waals surface area (Å²) in [4.78, 5) is 32.1. The molecular formula is C13H16N2O2. The lowest BCUT2D eigenvalue weighted by molar-refractivity contribution is -0.132. The van der Waals surface area contributed by atoms with Crippen LogP contribution in [0.15, 0.2) is 18.6 Å². The van der Waals surface area contributed by atoms with Crippen molar-refractivity contribution in [1.82, 2.24) is 9.97 Å². The van der Waals surface area contributed by atoms with E-state index in [2.05, 4.69) is 9.97 Å². The normalized spacial score (nSPS) is 23.4. The van der Waals surface area contributed by atoms with Gasteiger partial charge in [0.15, 0.2) is 5.78 Å². The minimum atomic E-state index is -0.520. The van der Waals surface area contributed by atoms with E-state index < -0.39 is 5.92 Å². The van der Waals surface area contributed by atoms with Crippen LogP contribution < -0.4 is 0 Å². The van der Waals surface area contributed by atoms with Crippen LogP contribution in [-0.2, 0) is 4.79 Å². The molecule has 4 heteroatoms. The van der Waals surface area contributed by atoms with E-state index in [1.54, 1.807) is 6.07 Å². The number of aromatic nitrogens is 2. The van der Waals surface area contributed by atoms with E-state index in [0.29, 0.717) is 12.1 Å². The van der Waals surface area contributed by atoms with E-state index in [0.717, 1.165) is 12.8 Å². The average Bonchev–Trinajstić information content (AvgIpc) is 2.33. The second-order valence-corrected chi connectivity index (χ2v) is 5.15. The largest absolute Gasteiger partial charge is 0.298 e. The number of nitrogens with zero attached hydrogens (tertiary/aromatic N) is 2. The van der Waals surface area contributed by atoms with Crippen LogP contribution in [0.3, 0.4) is 0 Å². The van der Waals surface area contributed by atoms with Crippen LogP contribution in [0.4, 0.5) is 0 Å². The molecule has 1 fully saturated rings. The number of ketones is 2. The van der Waals surface area contributed by atoms with Gasteiger partial charge in [0.05, 0.1) is 5.92 Å². The lowest BCUT2D eigenvalue weighted by atomic mass is 9.69. The zero-order chi connectivity index (χ0) is 12.5. The highest BCUT2D eigenvalue weighted by Gasteiger charge is 2.41. The lowest BCUT2D eigenvalue weighted by Gasteiger charge is -2.32. The van der Waals surface area contributed by atoms with Gasteiger partial charge in [0.1, 0.15) is 17.8 Å². The summed E-state index contributed by atoms with van der Waals surface area (Å²) >= 11 is 0. The minimum absolute atomic E-state index is 0.0485. The molecule has 1 aliphatic rings. The second-order valence-electron chi connectivity index (χ2n) is 5.15. The van der Waals surface area contributed by atoms with Crippen LogP contribution in [0, 0.1) is 11.3 Å². The van der Waals surface area contributed by atoms with E-state index in [1.165, 1.54) is 12.5 Å². The Labute approximate surface area is 100 Å². The van der Waals surface area contributed by atoms with Gasteiger partial charge in [0, 0.05) is 11.6 Å². The van der Waals surface area contributed by atoms with Gasteiger partial charge >= 0.3 is 0 Å². The first kappa shape index (κ1) is 11.9. The predicted molar refractivity (Wildman–Crippen MR) is 62.5 cm³/mol. The fourth-order valence-electron chi connectivity index (χ4n) is 2.34. The molecule has 0 saturated heterocycles. The molecule has 1 unspecified atom stereocenters. The first-order valence-electron chi connectivity index (χ1n) is 5.87. The molecule has 2 rings (SSSR count). The highest BCUT2D eigenvalue weighted by molar-refractivity contribution is 6.11. The molecule has 90 valence electrons. The molecule has 1 aromatic rings. The second kappa shape index (κ2) is 4.35. The average molecular weight is 232 g/mol. The third-order valence-electron chi connectivity index (χ3n) is 3.43. The number of hydrogen-bond acceptors (Lipinski definition) is 4. The van der Waals surface area contributed by atoms with Crippen molar-refractivity contribution < 1.29 is 9.59 Å². The van der Waals surface area contributed by atoms with E-state index >= 15 is 0 Å². The Bertz CT molecular complexity index is 440. The molecule has 17 heavy (non-hydrogen) atoms. The highest BCUT2D eigenvalue weighted by Crippen LogP contribution is 2.36. The Morgan fingerprint density at radius 1 is 1.47 bits per heavy atom. The molecule has 0 radical (unpaired) electrons. The van der Waals surface area contributed by atoms with Crippen LogP contribution >= 0.6 is 0 Å². The Kier molecular flexibility index (Phi) is 3.05. The Hall–Kier alpha value is -1.58. The molecule has 0 bridgehead atoms. The molecule has 0 N–H and O–H groups in total. The summed E-state index contributed by atoms with van der Waals surface area (Å²) in [5.41, 5.74) is -0.0398. The van der Waals surface area contributed by atoms with Gasteiger partial charge in [-0.05, 0) is 18.9 Å². The SMILES string of the molecule is CC1(C)CCCC(C(=O)c2ccncn2)C1=O. The van der Waals surface area contributed by atoms with E-state index in [-0.39, 0.29) is 17.0 Å².